The molecule has 0 unspecified atom stereocenters. The maximum absolute atomic E-state index is 13.2. The van der Waals surface area contributed by atoms with E-state index in [1.165, 1.54) is 12.1 Å². The van der Waals surface area contributed by atoms with Crippen molar-refractivity contribution in [2.24, 2.45) is 0 Å². The molecule has 5 rings (SSSR count). The van der Waals surface area contributed by atoms with Crippen LogP contribution in [0.5, 0.6) is 0 Å². The molecular formula is C28H26FN5O2. The number of aromatic nitrogens is 2. The first-order chi connectivity index (χ1) is 17.4. The van der Waals surface area contributed by atoms with Gasteiger partial charge >= 0.3 is 0 Å². The van der Waals surface area contributed by atoms with Gasteiger partial charge in [-0.25, -0.2) is 9.37 Å². The van der Waals surface area contributed by atoms with Crippen LogP contribution in [0.3, 0.4) is 0 Å². The lowest BCUT2D eigenvalue weighted by Gasteiger charge is -2.28. The van der Waals surface area contributed by atoms with Crippen molar-refractivity contribution >= 4 is 29.0 Å². The largest absolute Gasteiger partial charge is 0.356 e. The summed E-state index contributed by atoms with van der Waals surface area (Å²) in [5.74, 6) is -0.143. The predicted octanol–water partition coefficient (Wildman–Crippen LogP) is 5.33. The van der Waals surface area contributed by atoms with Gasteiger partial charge in [-0.15, -0.1) is 0 Å². The van der Waals surface area contributed by atoms with Gasteiger partial charge in [-0.2, -0.15) is 0 Å². The number of carbonyl (C=O) groups is 2. The monoisotopic (exact) mass is 483 g/mol. The van der Waals surface area contributed by atoms with Crippen molar-refractivity contribution in [1.29, 1.82) is 0 Å². The number of amides is 2. The number of nitrogens with one attached hydrogen (secondary N) is 3. The third kappa shape index (κ3) is 4.70. The molecule has 0 fully saturated rings. The second kappa shape index (κ2) is 9.65. The van der Waals surface area contributed by atoms with Crippen molar-refractivity contribution in [2.75, 3.05) is 24.2 Å². The zero-order valence-electron chi connectivity index (χ0n) is 20.0. The van der Waals surface area contributed by atoms with Gasteiger partial charge in [-0.3, -0.25) is 9.59 Å². The number of halogens is 1. The van der Waals surface area contributed by atoms with Crippen LogP contribution >= 0.6 is 0 Å². The molecule has 0 spiro atoms. The van der Waals surface area contributed by atoms with Crippen LogP contribution in [0.2, 0.25) is 0 Å². The molecule has 0 bridgehead atoms. The topological polar surface area (TPSA) is 90.1 Å². The van der Waals surface area contributed by atoms with Crippen LogP contribution in [0, 0.1) is 5.82 Å². The Morgan fingerprint density at radius 2 is 1.89 bits per heavy atom. The summed E-state index contributed by atoms with van der Waals surface area (Å²) in [5, 5.41) is 6.25. The van der Waals surface area contributed by atoms with E-state index in [9.17, 15) is 14.0 Å². The standard InChI is InChI=1S/C28H26FN5O2/c1-17-16-34(2)28(36)24-25(17)33-26(27(24)31-21-6-4-3-5-7-21)19-12-13-30-22(15-19)32-23(35)14-18-8-10-20(29)11-9-18/h3-13,15,17,31,33H,14,16H2,1-2H3,(H,30,32,35)/t17-/m0/s1. The number of aromatic amines is 1. The Labute approximate surface area is 208 Å². The fraction of sp³-hybridized carbons (Fsp3) is 0.179. The molecule has 3 heterocycles. The van der Waals surface area contributed by atoms with Gasteiger partial charge in [0.05, 0.1) is 23.4 Å². The number of H-pyrrole nitrogens is 1. The van der Waals surface area contributed by atoms with Crippen molar-refractivity contribution < 1.29 is 14.0 Å². The highest BCUT2D eigenvalue weighted by atomic mass is 19.1. The maximum atomic E-state index is 13.2. The molecular weight excluding hydrogens is 457 g/mol. The quantitative estimate of drug-likeness (QED) is 0.346. The molecule has 2 aromatic carbocycles. The summed E-state index contributed by atoms with van der Waals surface area (Å²) >= 11 is 0. The summed E-state index contributed by atoms with van der Waals surface area (Å²) in [4.78, 5) is 35.3. The van der Waals surface area contributed by atoms with Crippen LogP contribution < -0.4 is 10.6 Å². The van der Waals surface area contributed by atoms with Crippen LogP contribution in [-0.2, 0) is 11.2 Å². The molecule has 1 aliphatic heterocycles. The number of fused-ring (bicyclic) bond motifs is 1. The lowest BCUT2D eigenvalue weighted by molar-refractivity contribution is -0.115. The average Bonchev–Trinajstić information content (AvgIpc) is 3.25. The first kappa shape index (κ1) is 23.3. The van der Waals surface area contributed by atoms with E-state index in [2.05, 4.69) is 27.5 Å². The molecule has 3 N–H and O–H groups in total. The van der Waals surface area contributed by atoms with Crippen LogP contribution in [0.1, 0.15) is 34.5 Å². The zero-order chi connectivity index (χ0) is 25.2. The van der Waals surface area contributed by atoms with E-state index in [4.69, 9.17) is 0 Å². The second-order valence-electron chi connectivity index (χ2n) is 9.02. The molecule has 1 aliphatic rings. The zero-order valence-corrected chi connectivity index (χ0v) is 20.0. The molecule has 8 heteroatoms. The van der Waals surface area contributed by atoms with Crippen molar-refractivity contribution in [3.05, 3.63) is 95.6 Å². The van der Waals surface area contributed by atoms with Gasteiger partial charge in [0.25, 0.3) is 5.91 Å². The minimum atomic E-state index is -0.346. The van der Waals surface area contributed by atoms with Gasteiger partial charge in [-0.1, -0.05) is 37.3 Å². The van der Waals surface area contributed by atoms with Crippen molar-refractivity contribution in [2.45, 2.75) is 19.3 Å². The Kier molecular flexibility index (Phi) is 6.25. The first-order valence-electron chi connectivity index (χ1n) is 11.7. The number of likely N-dealkylation sites (N-methyl/N-ethyl adjacent to an activating group) is 1. The van der Waals surface area contributed by atoms with Crippen molar-refractivity contribution in [1.82, 2.24) is 14.9 Å². The van der Waals surface area contributed by atoms with Crippen LogP contribution in [-0.4, -0.2) is 40.3 Å². The summed E-state index contributed by atoms with van der Waals surface area (Å²) in [6.45, 7) is 2.71. The fourth-order valence-electron chi connectivity index (χ4n) is 4.52. The van der Waals surface area contributed by atoms with Gasteiger partial charge in [0, 0.05) is 42.7 Å². The Bertz CT molecular complexity index is 1420. The molecule has 182 valence electrons. The van der Waals surface area contributed by atoms with Gasteiger partial charge in [0.15, 0.2) is 0 Å². The molecule has 36 heavy (non-hydrogen) atoms. The van der Waals surface area contributed by atoms with E-state index >= 15 is 0 Å². The summed E-state index contributed by atoms with van der Waals surface area (Å²) in [6.07, 6.45) is 1.72. The summed E-state index contributed by atoms with van der Waals surface area (Å²) in [7, 11) is 1.81. The maximum Gasteiger partial charge on any atom is 0.257 e. The van der Waals surface area contributed by atoms with E-state index < -0.39 is 0 Å². The van der Waals surface area contributed by atoms with E-state index in [0.29, 0.717) is 29.2 Å². The van der Waals surface area contributed by atoms with Gasteiger partial charge in [-0.05, 0) is 42.0 Å². The van der Waals surface area contributed by atoms with Crippen LogP contribution in [0.25, 0.3) is 11.3 Å². The molecule has 0 saturated heterocycles. The number of rotatable bonds is 6. The Balaban J connectivity index is 1.49. The first-order valence-corrected chi connectivity index (χ1v) is 11.7. The van der Waals surface area contributed by atoms with E-state index in [1.54, 1.807) is 29.3 Å². The number of hydrogen-bond acceptors (Lipinski definition) is 4. The molecule has 0 radical (unpaired) electrons. The normalized spacial score (nSPS) is 14.9. The smallest absolute Gasteiger partial charge is 0.257 e. The molecule has 0 aliphatic carbocycles. The van der Waals surface area contributed by atoms with Crippen LogP contribution in [0.15, 0.2) is 72.9 Å². The Morgan fingerprint density at radius 3 is 2.64 bits per heavy atom. The second-order valence-corrected chi connectivity index (χ2v) is 9.02. The highest BCUT2D eigenvalue weighted by Crippen LogP contribution is 2.41. The van der Waals surface area contributed by atoms with Crippen molar-refractivity contribution in [3.8, 4) is 11.3 Å². The van der Waals surface area contributed by atoms with E-state index in [0.717, 1.165) is 22.6 Å². The van der Waals surface area contributed by atoms with Gasteiger partial charge in [0.1, 0.15) is 11.6 Å². The molecule has 1 atom stereocenters. The third-order valence-corrected chi connectivity index (χ3v) is 6.27. The lowest BCUT2D eigenvalue weighted by Crippen LogP contribution is -2.36. The molecule has 2 amide bonds. The van der Waals surface area contributed by atoms with Crippen molar-refractivity contribution in [3.63, 3.8) is 0 Å². The average molecular weight is 484 g/mol. The molecule has 2 aromatic heterocycles. The summed E-state index contributed by atoms with van der Waals surface area (Å²) in [6, 6.07) is 19.1. The number of hydrogen-bond donors (Lipinski definition) is 3. The summed E-state index contributed by atoms with van der Waals surface area (Å²) in [5.41, 5.74) is 5.27. The SMILES string of the molecule is C[C@H]1CN(C)C(=O)c2c1[nH]c(-c1ccnc(NC(=O)Cc3ccc(F)cc3)c1)c2Nc1ccccc1. The fourth-order valence-corrected chi connectivity index (χ4v) is 4.52. The van der Waals surface area contributed by atoms with Gasteiger partial charge in [0.2, 0.25) is 5.91 Å². The van der Waals surface area contributed by atoms with E-state index in [1.807, 2.05) is 43.4 Å². The lowest BCUT2D eigenvalue weighted by atomic mass is 9.96. The number of pyridine rings is 1. The highest BCUT2D eigenvalue weighted by Gasteiger charge is 2.33. The molecule has 7 nitrogen and oxygen atoms in total. The Hall–Kier alpha value is -4.46. The molecule has 0 saturated carbocycles. The minimum absolute atomic E-state index is 0.0501. The molecule has 4 aromatic rings. The third-order valence-electron chi connectivity index (χ3n) is 6.27. The van der Waals surface area contributed by atoms with E-state index in [-0.39, 0.29) is 30.0 Å². The number of anilines is 3. The van der Waals surface area contributed by atoms with Crippen LogP contribution in [0.4, 0.5) is 21.6 Å². The number of nitrogens with zero attached hydrogens (tertiary/aromatic N) is 2. The summed E-state index contributed by atoms with van der Waals surface area (Å²) < 4.78 is 13.2. The Morgan fingerprint density at radius 1 is 1.14 bits per heavy atom. The highest BCUT2D eigenvalue weighted by molar-refractivity contribution is 6.06. The predicted molar refractivity (Wildman–Crippen MR) is 138 cm³/mol. The number of para-hydroxylation sites is 1. The van der Waals surface area contributed by atoms with Gasteiger partial charge < -0.3 is 20.5 Å². The minimum Gasteiger partial charge on any atom is -0.356 e. The number of benzene rings is 2. The number of carbonyl (C=O) groups excluding carboxylic acids is 2.